The highest BCUT2D eigenvalue weighted by Crippen LogP contribution is 2.31. The standard InChI is InChI=1S/C19H21F2NO2/c1-12(14-4-2-3-13(9-14)11-23)22-18-7-8-24-19(18)15-5-6-16(20)17(21)10-15/h2-6,9-10,12,18-19,22-23H,7-8,11H2,1H3. The lowest BCUT2D eigenvalue weighted by molar-refractivity contribution is 0.0964. The Labute approximate surface area is 140 Å². The predicted octanol–water partition coefficient (Wildman–Crippen LogP) is 3.64. The third kappa shape index (κ3) is 3.64. The molecule has 3 atom stereocenters. The molecule has 0 spiro atoms. The van der Waals surface area contributed by atoms with Crippen molar-refractivity contribution in [3.8, 4) is 0 Å². The van der Waals surface area contributed by atoms with Crippen molar-refractivity contribution >= 4 is 0 Å². The summed E-state index contributed by atoms with van der Waals surface area (Å²) in [4.78, 5) is 0. The molecule has 0 bridgehead atoms. The molecule has 1 saturated heterocycles. The lowest BCUT2D eigenvalue weighted by atomic mass is 9.99. The second-order valence-corrected chi connectivity index (χ2v) is 6.15. The van der Waals surface area contributed by atoms with Crippen molar-refractivity contribution in [3.63, 3.8) is 0 Å². The lowest BCUT2D eigenvalue weighted by Gasteiger charge is -2.25. The second-order valence-electron chi connectivity index (χ2n) is 6.15. The molecule has 3 rings (SSSR count). The van der Waals surface area contributed by atoms with E-state index in [1.807, 2.05) is 31.2 Å². The van der Waals surface area contributed by atoms with Crippen LogP contribution in [-0.4, -0.2) is 17.8 Å². The van der Waals surface area contributed by atoms with E-state index in [2.05, 4.69) is 5.32 Å². The molecule has 0 aromatic heterocycles. The van der Waals surface area contributed by atoms with Gasteiger partial charge < -0.3 is 15.2 Å². The molecule has 0 radical (unpaired) electrons. The molecule has 1 aliphatic heterocycles. The summed E-state index contributed by atoms with van der Waals surface area (Å²) in [5.41, 5.74) is 2.57. The first-order chi connectivity index (χ1) is 11.6. The van der Waals surface area contributed by atoms with Crippen LogP contribution < -0.4 is 5.32 Å². The zero-order valence-electron chi connectivity index (χ0n) is 13.5. The molecule has 2 aromatic rings. The minimum absolute atomic E-state index is 0.00454. The van der Waals surface area contributed by atoms with Gasteiger partial charge in [0.15, 0.2) is 11.6 Å². The summed E-state index contributed by atoms with van der Waals surface area (Å²) < 4.78 is 32.4. The summed E-state index contributed by atoms with van der Waals surface area (Å²) in [7, 11) is 0. The van der Waals surface area contributed by atoms with Crippen LogP contribution in [0.2, 0.25) is 0 Å². The van der Waals surface area contributed by atoms with E-state index in [0.29, 0.717) is 12.2 Å². The van der Waals surface area contributed by atoms with Gasteiger partial charge in [0.25, 0.3) is 0 Å². The monoisotopic (exact) mass is 333 g/mol. The topological polar surface area (TPSA) is 41.5 Å². The van der Waals surface area contributed by atoms with E-state index in [4.69, 9.17) is 4.74 Å². The van der Waals surface area contributed by atoms with Crippen molar-refractivity contribution < 1.29 is 18.6 Å². The first-order valence-electron chi connectivity index (χ1n) is 8.11. The van der Waals surface area contributed by atoms with Crippen LogP contribution >= 0.6 is 0 Å². The van der Waals surface area contributed by atoms with Gasteiger partial charge in [0.1, 0.15) is 0 Å². The van der Waals surface area contributed by atoms with Crippen LogP contribution in [0, 0.1) is 11.6 Å². The second kappa shape index (κ2) is 7.38. The lowest BCUT2D eigenvalue weighted by Crippen LogP contribution is -2.34. The van der Waals surface area contributed by atoms with Crippen LogP contribution in [0.15, 0.2) is 42.5 Å². The van der Waals surface area contributed by atoms with Gasteiger partial charge in [-0.25, -0.2) is 8.78 Å². The third-order valence-electron chi connectivity index (χ3n) is 4.46. The van der Waals surface area contributed by atoms with Crippen LogP contribution in [0.4, 0.5) is 8.78 Å². The van der Waals surface area contributed by atoms with Crippen molar-refractivity contribution in [2.75, 3.05) is 6.61 Å². The van der Waals surface area contributed by atoms with Gasteiger partial charge in [-0.15, -0.1) is 0 Å². The molecule has 24 heavy (non-hydrogen) atoms. The number of benzene rings is 2. The van der Waals surface area contributed by atoms with E-state index < -0.39 is 11.6 Å². The van der Waals surface area contributed by atoms with E-state index in [1.165, 1.54) is 6.07 Å². The molecule has 0 saturated carbocycles. The maximum atomic E-state index is 13.5. The Morgan fingerprint density at radius 2 is 2.04 bits per heavy atom. The maximum Gasteiger partial charge on any atom is 0.159 e. The molecule has 3 unspecified atom stereocenters. The quantitative estimate of drug-likeness (QED) is 0.878. The van der Waals surface area contributed by atoms with Gasteiger partial charge in [-0.2, -0.15) is 0 Å². The van der Waals surface area contributed by atoms with E-state index in [-0.39, 0.29) is 24.8 Å². The van der Waals surface area contributed by atoms with Crippen LogP contribution in [0.5, 0.6) is 0 Å². The molecule has 5 heteroatoms. The molecule has 128 valence electrons. The number of aliphatic hydroxyl groups excluding tert-OH is 1. The van der Waals surface area contributed by atoms with Crippen molar-refractivity contribution in [1.29, 1.82) is 0 Å². The van der Waals surface area contributed by atoms with Gasteiger partial charge in [-0.3, -0.25) is 0 Å². The van der Waals surface area contributed by atoms with Gasteiger partial charge in [0.2, 0.25) is 0 Å². The Kier molecular flexibility index (Phi) is 5.23. The minimum atomic E-state index is -0.856. The molecule has 1 fully saturated rings. The molecule has 1 heterocycles. The highest BCUT2D eigenvalue weighted by Gasteiger charge is 2.31. The number of halogens is 2. The molecule has 1 aliphatic rings. The number of ether oxygens (including phenoxy) is 1. The Balaban J connectivity index is 1.74. The fraction of sp³-hybridized carbons (Fsp3) is 0.368. The number of hydrogen-bond donors (Lipinski definition) is 2. The van der Waals surface area contributed by atoms with Gasteiger partial charge in [0, 0.05) is 18.7 Å². The number of hydrogen-bond acceptors (Lipinski definition) is 3. The van der Waals surface area contributed by atoms with E-state index in [9.17, 15) is 13.9 Å². The fourth-order valence-corrected chi connectivity index (χ4v) is 3.16. The number of rotatable bonds is 5. The summed E-state index contributed by atoms with van der Waals surface area (Å²) in [6, 6.07) is 11.7. The van der Waals surface area contributed by atoms with Crippen LogP contribution in [-0.2, 0) is 11.3 Å². The zero-order valence-corrected chi connectivity index (χ0v) is 13.5. The first kappa shape index (κ1) is 17.0. The molecular weight excluding hydrogens is 312 g/mol. The summed E-state index contributed by atoms with van der Waals surface area (Å²) in [6.45, 7) is 2.62. The normalized spacial score (nSPS) is 21.8. The van der Waals surface area contributed by atoms with Crippen LogP contribution in [0.3, 0.4) is 0 Å². The van der Waals surface area contributed by atoms with E-state index in [0.717, 1.165) is 23.6 Å². The number of aliphatic hydroxyl groups is 1. The minimum Gasteiger partial charge on any atom is -0.392 e. The number of nitrogens with one attached hydrogen (secondary N) is 1. The Morgan fingerprint density at radius 1 is 1.21 bits per heavy atom. The van der Waals surface area contributed by atoms with Gasteiger partial charge in [-0.05, 0) is 42.2 Å². The van der Waals surface area contributed by atoms with Crippen LogP contribution in [0.25, 0.3) is 0 Å². The third-order valence-corrected chi connectivity index (χ3v) is 4.46. The summed E-state index contributed by atoms with van der Waals surface area (Å²) in [5, 5.41) is 12.8. The largest absolute Gasteiger partial charge is 0.392 e. The van der Waals surface area contributed by atoms with Gasteiger partial charge in [-0.1, -0.05) is 30.3 Å². The van der Waals surface area contributed by atoms with Crippen molar-refractivity contribution in [1.82, 2.24) is 5.32 Å². The maximum absolute atomic E-state index is 13.5. The molecule has 0 aliphatic carbocycles. The van der Waals surface area contributed by atoms with Gasteiger partial charge in [0.05, 0.1) is 12.7 Å². The fourth-order valence-electron chi connectivity index (χ4n) is 3.16. The van der Waals surface area contributed by atoms with Gasteiger partial charge >= 0.3 is 0 Å². The molecular formula is C19H21F2NO2. The van der Waals surface area contributed by atoms with Crippen molar-refractivity contribution in [3.05, 3.63) is 70.8 Å². The van der Waals surface area contributed by atoms with E-state index >= 15 is 0 Å². The average Bonchev–Trinajstić information content (AvgIpc) is 3.05. The Bertz CT molecular complexity index is 708. The summed E-state index contributed by atoms with van der Waals surface area (Å²) in [6.07, 6.45) is 0.497. The van der Waals surface area contributed by atoms with Crippen molar-refractivity contribution in [2.24, 2.45) is 0 Å². The first-order valence-corrected chi connectivity index (χ1v) is 8.11. The van der Waals surface area contributed by atoms with Crippen molar-refractivity contribution in [2.45, 2.75) is 38.1 Å². The molecule has 3 nitrogen and oxygen atoms in total. The highest BCUT2D eigenvalue weighted by atomic mass is 19.2. The van der Waals surface area contributed by atoms with Crippen LogP contribution in [0.1, 0.15) is 42.2 Å². The highest BCUT2D eigenvalue weighted by molar-refractivity contribution is 5.26. The summed E-state index contributed by atoms with van der Waals surface area (Å²) >= 11 is 0. The predicted molar refractivity (Wildman–Crippen MR) is 87.4 cm³/mol. The average molecular weight is 333 g/mol. The Morgan fingerprint density at radius 3 is 2.79 bits per heavy atom. The van der Waals surface area contributed by atoms with E-state index in [1.54, 1.807) is 6.07 Å². The smallest absolute Gasteiger partial charge is 0.159 e. The molecule has 2 aromatic carbocycles. The molecule has 2 N–H and O–H groups in total. The summed E-state index contributed by atoms with van der Waals surface area (Å²) in [5.74, 6) is -1.71. The Hall–Kier alpha value is -1.82. The zero-order chi connectivity index (χ0) is 17.1. The SMILES string of the molecule is CC(NC1CCOC1c1ccc(F)c(F)c1)c1cccc(CO)c1. The molecule has 0 amide bonds.